The molecule has 0 spiro atoms. The van der Waals surface area contributed by atoms with E-state index in [0.717, 1.165) is 5.56 Å². The number of aryl methyl sites for hydroxylation is 1. The van der Waals surface area contributed by atoms with E-state index in [1.807, 2.05) is 4.90 Å². The number of nitrogens with zero attached hydrogens (tertiary/aromatic N) is 6. The van der Waals surface area contributed by atoms with Gasteiger partial charge >= 0.3 is 0 Å². The summed E-state index contributed by atoms with van der Waals surface area (Å²) >= 11 is 5.94. The molecule has 0 unspecified atom stereocenters. The highest BCUT2D eigenvalue weighted by molar-refractivity contribution is 6.30. The number of aromatic nitrogens is 6. The topological polar surface area (TPSA) is 102 Å². The molecule has 9 nitrogen and oxygen atoms in total. The molecule has 1 N–H and O–H groups in total. The molecule has 1 aliphatic heterocycles. The molecule has 1 fully saturated rings. The number of H-pyrrole nitrogens is 1. The summed E-state index contributed by atoms with van der Waals surface area (Å²) in [5.74, 6) is 0.226. The number of halogens is 2. The summed E-state index contributed by atoms with van der Waals surface area (Å²) in [6, 6.07) is 4.32. The molecule has 1 aromatic carbocycles. The van der Waals surface area contributed by atoms with Crippen LogP contribution in [0.25, 0.3) is 22.3 Å². The van der Waals surface area contributed by atoms with Gasteiger partial charge in [0, 0.05) is 35.9 Å². The van der Waals surface area contributed by atoms with Gasteiger partial charge in [-0.15, -0.1) is 0 Å². The minimum absolute atomic E-state index is 0.124. The molecule has 0 bridgehead atoms. The van der Waals surface area contributed by atoms with E-state index in [2.05, 4.69) is 25.1 Å². The van der Waals surface area contributed by atoms with Crippen molar-refractivity contribution in [1.82, 2.24) is 29.7 Å². The summed E-state index contributed by atoms with van der Waals surface area (Å²) in [6.45, 7) is 3.11. The molecule has 0 radical (unpaired) electrons. The molecule has 3 aromatic heterocycles. The van der Waals surface area contributed by atoms with Crippen LogP contribution in [0, 0.1) is 12.7 Å². The smallest absolute Gasteiger partial charge is 0.279 e. The third kappa shape index (κ3) is 3.51. The van der Waals surface area contributed by atoms with Gasteiger partial charge in [-0.3, -0.25) is 14.5 Å². The van der Waals surface area contributed by atoms with Gasteiger partial charge in [-0.05, 0) is 25.1 Å². The van der Waals surface area contributed by atoms with E-state index in [1.165, 1.54) is 16.7 Å². The average molecular weight is 456 g/mol. The van der Waals surface area contributed by atoms with Gasteiger partial charge in [0.1, 0.15) is 29.0 Å². The fourth-order valence-electron chi connectivity index (χ4n) is 3.72. The van der Waals surface area contributed by atoms with E-state index in [-0.39, 0.29) is 39.0 Å². The molecule has 1 saturated heterocycles. The van der Waals surface area contributed by atoms with Gasteiger partial charge in [0.25, 0.3) is 5.56 Å². The average Bonchev–Trinajstić information content (AvgIpc) is 3.33. The Morgan fingerprint density at radius 2 is 2.09 bits per heavy atom. The molecule has 4 heterocycles. The molecule has 1 atom stereocenters. The van der Waals surface area contributed by atoms with E-state index in [9.17, 15) is 9.18 Å². The van der Waals surface area contributed by atoms with Crippen molar-refractivity contribution < 1.29 is 9.13 Å². The highest BCUT2D eigenvalue weighted by atomic mass is 35.5. The lowest BCUT2D eigenvalue weighted by atomic mass is 10.1. The molecule has 5 rings (SSSR count). The van der Waals surface area contributed by atoms with E-state index in [0.29, 0.717) is 31.5 Å². The molecule has 32 heavy (non-hydrogen) atoms. The standard InChI is InChI=1S/C21H19ClFN7O2/c1-11-26-18-17(14-4-3-13(22)7-15(14)23)27-21(28-19(18)20(31)29(11)2)30-5-6-32-16(10-30)12-8-24-25-9-12/h3-4,7-9,16H,5-6,10H2,1-2H3,(H,24,25)/t16-/m1/s1. The number of rotatable bonds is 3. The summed E-state index contributed by atoms with van der Waals surface area (Å²) in [7, 11) is 1.62. The van der Waals surface area contributed by atoms with E-state index < -0.39 is 5.82 Å². The van der Waals surface area contributed by atoms with Crippen LogP contribution in [0.3, 0.4) is 0 Å². The van der Waals surface area contributed by atoms with Crippen molar-refractivity contribution in [2.45, 2.75) is 13.0 Å². The van der Waals surface area contributed by atoms with Gasteiger partial charge < -0.3 is 9.64 Å². The summed E-state index contributed by atoms with van der Waals surface area (Å²) in [5, 5.41) is 7.02. The molecule has 0 saturated carbocycles. The summed E-state index contributed by atoms with van der Waals surface area (Å²) in [5.41, 5.74) is 1.38. The van der Waals surface area contributed by atoms with Crippen LogP contribution in [-0.2, 0) is 11.8 Å². The first kappa shape index (κ1) is 20.5. The molecule has 164 valence electrons. The quantitative estimate of drug-likeness (QED) is 0.506. The Morgan fingerprint density at radius 1 is 1.25 bits per heavy atom. The zero-order chi connectivity index (χ0) is 22.4. The van der Waals surface area contributed by atoms with Crippen molar-refractivity contribution in [2.75, 3.05) is 24.6 Å². The molecule has 11 heteroatoms. The number of hydrogen-bond donors (Lipinski definition) is 1. The minimum atomic E-state index is -0.554. The van der Waals surface area contributed by atoms with Crippen molar-refractivity contribution >= 4 is 28.6 Å². The predicted molar refractivity (Wildman–Crippen MR) is 117 cm³/mol. The Morgan fingerprint density at radius 3 is 2.84 bits per heavy atom. The van der Waals surface area contributed by atoms with Crippen LogP contribution in [-0.4, -0.2) is 49.4 Å². The normalized spacial score (nSPS) is 16.6. The number of nitrogens with one attached hydrogen (secondary N) is 1. The van der Waals surface area contributed by atoms with Crippen LogP contribution in [0.1, 0.15) is 17.5 Å². The van der Waals surface area contributed by atoms with Crippen LogP contribution >= 0.6 is 11.6 Å². The number of morpholine rings is 1. The van der Waals surface area contributed by atoms with Crippen LogP contribution in [0.2, 0.25) is 5.02 Å². The zero-order valence-electron chi connectivity index (χ0n) is 17.3. The Hall–Kier alpha value is -3.37. The number of anilines is 1. The van der Waals surface area contributed by atoms with Gasteiger partial charge in [0.05, 0.1) is 19.3 Å². The second-order valence-electron chi connectivity index (χ2n) is 7.55. The Labute approximate surface area is 186 Å². The third-order valence-electron chi connectivity index (χ3n) is 5.57. The van der Waals surface area contributed by atoms with E-state index in [4.69, 9.17) is 16.3 Å². The first-order valence-electron chi connectivity index (χ1n) is 9.98. The van der Waals surface area contributed by atoms with Gasteiger partial charge in [-0.25, -0.2) is 19.3 Å². The Bertz CT molecular complexity index is 1370. The maximum atomic E-state index is 14.9. The summed E-state index contributed by atoms with van der Waals surface area (Å²) < 4.78 is 22.1. The number of benzene rings is 1. The third-order valence-corrected chi connectivity index (χ3v) is 5.80. The van der Waals surface area contributed by atoms with E-state index in [1.54, 1.807) is 32.4 Å². The molecule has 0 aliphatic carbocycles. The highest BCUT2D eigenvalue weighted by Gasteiger charge is 2.27. The first-order valence-corrected chi connectivity index (χ1v) is 10.4. The Balaban J connectivity index is 1.69. The second kappa shape index (κ2) is 7.95. The first-order chi connectivity index (χ1) is 15.4. The van der Waals surface area contributed by atoms with Crippen molar-refractivity contribution in [3.05, 3.63) is 63.2 Å². The van der Waals surface area contributed by atoms with Gasteiger partial charge in [0.15, 0.2) is 5.52 Å². The number of ether oxygens (including phenoxy) is 1. The van der Waals surface area contributed by atoms with Crippen LogP contribution < -0.4 is 10.5 Å². The lowest BCUT2D eigenvalue weighted by molar-refractivity contribution is 0.0393. The molecule has 4 aromatic rings. The zero-order valence-corrected chi connectivity index (χ0v) is 18.1. The van der Waals surface area contributed by atoms with Crippen molar-refractivity contribution in [3.63, 3.8) is 0 Å². The number of fused-ring (bicyclic) bond motifs is 1. The molecular weight excluding hydrogens is 437 g/mol. The number of hydrogen-bond acceptors (Lipinski definition) is 7. The highest BCUT2D eigenvalue weighted by Crippen LogP contribution is 2.31. The van der Waals surface area contributed by atoms with Gasteiger partial charge in [0.2, 0.25) is 5.95 Å². The maximum absolute atomic E-state index is 14.9. The fraction of sp³-hybridized carbons (Fsp3) is 0.286. The summed E-state index contributed by atoms with van der Waals surface area (Å²) in [6.07, 6.45) is 3.23. The Kier molecular flexibility index (Phi) is 5.10. The van der Waals surface area contributed by atoms with Gasteiger partial charge in [-0.1, -0.05) is 11.6 Å². The molecule has 0 amide bonds. The second-order valence-corrected chi connectivity index (χ2v) is 7.99. The predicted octanol–water partition coefficient (Wildman–Crippen LogP) is 2.79. The van der Waals surface area contributed by atoms with Crippen LogP contribution in [0.4, 0.5) is 10.3 Å². The minimum Gasteiger partial charge on any atom is -0.370 e. The molecular formula is C21H19ClFN7O2. The monoisotopic (exact) mass is 455 g/mol. The lowest BCUT2D eigenvalue weighted by Crippen LogP contribution is -2.39. The summed E-state index contributed by atoms with van der Waals surface area (Å²) in [4.78, 5) is 28.6. The number of aromatic amines is 1. The van der Waals surface area contributed by atoms with Crippen molar-refractivity contribution in [1.29, 1.82) is 0 Å². The largest absolute Gasteiger partial charge is 0.370 e. The van der Waals surface area contributed by atoms with Crippen molar-refractivity contribution in [2.24, 2.45) is 7.05 Å². The fourth-order valence-corrected chi connectivity index (χ4v) is 3.88. The van der Waals surface area contributed by atoms with Crippen LogP contribution in [0.15, 0.2) is 35.4 Å². The molecule has 1 aliphatic rings. The maximum Gasteiger partial charge on any atom is 0.279 e. The van der Waals surface area contributed by atoms with E-state index >= 15 is 0 Å². The van der Waals surface area contributed by atoms with Crippen LogP contribution in [0.5, 0.6) is 0 Å². The lowest BCUT2D eigenvalue weighted by Gasteiger charge is -2.32. The van der Waals surface area contributed by atoms with Gasteiger partial charge in [-0.2, -0.15) is 5.10 Å². The SMILES string of the molecule is Cc1nc2c(-c3ccc(Cl)cc3F)nc(N3CCO[C@@H](c4cn[nH]c4)C3)nc2c(=O)n1C. The van der Waals surface area contributed by atoms with Crippen molar-refractivity contribution in [3.8, 4) is 11.3 Å².